The lowest BCUT2D eigenvalue weighted by Gasteiger charge is -2.29. The summed E-state index contributed by atoms with van der Waals surface area (Å²) in [6.45, 7) is 6.04. The quantitative estimate of drug-likeness (QED) is 0.719. The minimum atomic E-state index is -0.256. The third-order valence-corrected chi connectivity index (χ3v) is 5.54. The average Bonchev–Trinajstić information content (AvgIpc) is 3.00. The Kier molecular flexibility index (Phi) is 5.38. The number of likely N-dealkylation sites (tertiary alicyclic amines) is 1. The molecular formula is C24H26N2O3. The van der Waals surface area contributed by atoms with Gasteiger partial charge in [0.2, 0.25) is 0 Å². The fourth-order valence-electron chi connectivity index (χ4n) is 4.11. The minimum absolute atomic E-state index is 0.227. The van der Waals surface area contributed by atoms with Gasteiger partial charge in [-0.05, 0) is 62.4 Å². The molecular weight excluding hydrogens is 364 g/mol. The van der Waals surface area contributed by atoms with Crippen LogP contribution in [0.5, 0.6) is 5.75 Å². The maximum absolute atomic E-state index is 13.5. The Hall–Kier alpha value is -3.08. The number of imide groups is 1. The molecule has 1 fully saturated rings. The number of hydrogen-bond acceptors (Lipinski definition) is 4. The zero-order valence-corrected chi connectivity index (χ0v) is 17.0. The van der Waals surface area contributed by atoms with Gasteiger partial charge in [-0.1, -0.05) is 30.3 Å². The van der Waals surface area contributed by atoms with Crippen molar-refractivity contribution in [1.82, 2.24) is 4.90 Å². The summed E-state index contributed by atoms with van der Waals surface area (Å²) in [4.78, 5) is 30.5. The summed E-state index contributed by atoms with van der Waals surface area (Å²) < 4.78 is 5.53. The Morgan fingerprint density at radius 1 is 0.897 bits per heavy atom. The predicted octanol–water partition coefficient (Wildman–Crippen LogP) is 4.16. The van der Waals surface area contributed by atoms with Crippen LogP contribution < -0.4 is 9.64 Å². The van der Waals surface area contributed by atoms with Crippen LogP contribution in [0.1, 0.15) is 37.3 Å². The number of piperidine rings is 1. The normalized spacial score (nSPS) is 17.3. The van der Waals surface area contributed by atoms with Gasteiger partial charge in [0.25, 0.3) is 11.8 Å². The third kappa shape index (κ3) is 3.53. The molecule has 0 saturated carbocycles. The molecule has 0 bridgehead atoms. The zero-order valence-electron chi connectivity index (χ0n) is 17.0. The number of aryl methyl sites for hydroxylation is 1. The number of rotatable bonds is 5. The van der Waals surface area contributed by atoms with Gasteiger partial charge in [-0.25, -0.2) is 4.90 Å². The van der Waals surface area contributed by atoms with E-state index >= 15 is 0 Å². The van der Waals surface area contributed by atoms with Crippen molar-refractivity contribution in [2.45, 2.75) is 33.1 Å². The smallest absolute Gasteiger partial charge is 0.282 e. The summed E-state index contributed by atoms with van der Waals surface area (Å²) in [5.41, 5.74) is 3.33. The largest absolute Gasteiger partial charge is 0.494 e. The molecule has 2 aliphatic heterocycles. The van der Waals surface area contributed by atoms with E-state index < -0.39 is 0 Å². The number of carbonyl (C=O) groups is 2. The second-order valence-electron chi connectivity index (χ2n) is 7.46. The van der Waals surface area contributed by atoms with E-state index in [1.807, 2.05) is 62.4 Å². The van der Waals surface area contributed by atoms with Crippen LogP contribution >= 0.6 is 0 Å². The molecule has 0 unspecified atom stereocenters. The Balaban J connectivity index is 1.80. The highest BCUT2D eigenvalue weighted by Crippen LogP contribution is 2.37. The molecule has 2 heterocycles. The van der Waals surface area contributed by atoms with Gasteiger partial charge in [0.05, 0.1) is 17.9 Å². The molecule has 2 aliphatic rings. The van der Waals surface area contributed by atoms with E-state index in [0.717, 1.165) is 49.2 Å². The highest BCUT2D eigenvalue weighted by Gasteiger charge is 2.43. The van der Waals surface area contributed by atoms with Crippen LogP contribution in [-0.4, -0.2) is 36.4 Å². The number of nitrogens with zero attached hydrogens (tertiary/aromatic N) is 2. The second-order valence-corrected chi connectivity index (χ2v) is 7.46. The first-order valence-corrected chi connectivity index (χ1v) is 10.3. The van der Waals surface area contributed by atoms with Crippen LogP contribution in [-0.2, 0) is 9.59 Å². The van der Waals surface area contributed by atoms with Crippen molar-refractivity contribution < 1.29 is 14.3 Å². The van der Waals surface area contributed by atoms with E-state index in [-0.39, 0.29) is 11.8 Å². The molecule has 0 N–H and O–H groups in total. The molecule has 1 saturated heterocycles. The Morgan fingerprint density at radius 3 is 2.24 bits per heavy atom. The molecule has 0 radical (unpaired) electrons. The van der Waals surface area contributed by atoms with Crippen molar-refractivity contribution >= 4 is 23.1 Å². The number of benzene rings is 2. The second kappa shape index (κ2) is 8.11. The van der Waals surface area contributed by atoms with Gasteiger partial charge in [-0.15, -0.1) is 0 Å². The zero-order chi connectivity index (χ0) is 20.4. The van der Waals surface area contributed by atoms with Crippen LogP contribution in [0.25, 0.3) is 5.57 Å². The van der Waals surface area contributed by atoms with E-state index in [9.17, 15) is 9.59 Å². The lowest BCUT2D eigenvalue weighted by Crippen LogP contribution is -2.37. The maximum Gasteiger partial charge on any atom is 0.282 e. The van der Waals surface area contributed by atoms with Gasteiger partial charge in [-0.2, -0.15) is 0 Å². The van der Waals surface area contributed by atoms with Crippen molar-refractivity contribution in [1.29, 1.82) is 0 Å². The summed E-state index contributed by atoms with van der Waals surface area (Å²) in [6.07, 6.45) is 3.23. The van der Waals surface area contributed by atoms with Gasteiger partial charge in [-0.3, -0.25) is 9.59 Å². The van der Waals surface area contributed by atoms with E-state index in [2.05, 4.69) is 4.90 Å². The van der Waals surface area contributed by atoms with Gasteiger partial charge in [0.1, 0.15) is 11.4 Å². The Labute approximate surface area is 171 Å². The monoisotopic (exact) mass is 390 g/mol. The first-order chi connectivity index (χ1) is 14.1. The molecule has 0 atom stereocenters. The summed E-state index contributed by atoms with van der Waals surface area (Å²) in [5.74, 6) is 0.271. The third-order valence-electron chi connectivity index (χ3n) is 5.54. The summed E-state index contributed by atoms with van der Waals surface area (Å²) in [5, 5.41) is 0. The van der Waals surface area contributed by atoms with Gasteiger partial charge in [0.15, 0.2) is 0 Å². The summed E-state index contributed by atoms with van der Waals surface area (Å²) >= 11 is 0. The molecule has 4 rings (SSSR count). The lowest BCUT2D eigenvalue weighted by molar-refractivity contribution is -0.120. The highest BCUT2D eigenvalue weighted by molar-refractivity contribution is 6.45. The molecule has 5 nitrogen and oxygen atoms in total. The molecule has 2 amide bonds. The first kappa shape index (κ1) is 19.2. The van der Waals surface area contributed by atoms with E-state index in [1.165, 1.54) is 4.90 Å². The van der Waals surface area contributed by atoms with Crippen molar-refractivity contribution in [2.24, 2.45) is 0 Å². The van der Waals surface area contributed by atoms with E-state index in [0.29, 0.717) is 23.6 Å². The predicted molar refractivity (Wildman–Crippen MR) is 114 cm³/mol. The first-order valence-electron chi connectivity index (χ1n) is 10.3. The van der Waals surface area contributed by atoms with Gasteiger partial charge in [0, 0.05) is 13.1 Å². The van der Waals surface area contributed by atoms with E-state index in [4.69, 9.17) is 4.74 Å². The number of carbonyl (C=O) groups excluding carboxylic acids is 2. The van der Waals surface area contributed by atoms with Crippen LogP contribution in [0.3, 0.4) is 0 Å². The number of anilines is 1. The topological polar surface area (TPSA) is 49.9 Å². The van der Waals surface area contributed by atoms with Gasteiger partial charge < -0.3 is 9.64 Å². The summed E-state index contributed by atoms with van der Waals surface area (Å²) in [7, 11) is 0. The molecule has 0 aliphatic carbocycles. The van der Waals surface area contributed by atoms with Crippen LogP contribution in [0, 0.1) is 6.92 Å². The minimum Gasteiger partial charge on any atom is -0.494 e. The highest BCUT2D eigenvalue weighted by atomic mass is 16.5. The molecule has 2 aromatic carbocycles. The molecule has 0 aromatic heterocycles. The average molecular weight is 390 g/mol. The molecule has 150 valence electrons. The fourth-order valence-corrected chi connectivity index (χ4v) is 4.11. The SMILES string of the molecule is CCOc1ccc(C2=C(N3CCCCC3)C(=O)N(c3ccccc3C)C2=O)cc1. The molecule has 2 aromatic rings. The summed E-state index contributed by atoms with van der Waals surface area (Å²) in [6, 6.07) is 15.0. The van der Waals surface area contributed by atoms with Gasteiger partial charge >= 0.3 is 0 Å². The Bertz CT molecular complexity index is 956. The molecule has 29 heavy (non-hydrogen) atoms. The van der Waals surface area contributed by atoms with Crippen molar-refractivity contribution in [2.75, 3.05) is 24.6 Å². The Morgan fingerprint density at radius 2 is 1.59 bits per heavy atom. The number of hydrogen-bond donors (Lipinski definition) is 0. The fraction of sp³-hybridized carbons (Fsp3) is 0.333. The van der Waals surface area contributed by atoms with Crippen molar-refractivity contribution in [3.05, 3.63) is 65.4 Å². The lowest BCUT2D eigenvalue weighted by atomic mass is 10.0. The maximum atomic E-state index is 13.5. The molecule has 0 spiro atoms. The van der Waals surface area contributed by atoms with E-state index in [1.54, 1.807) is 0 Å². The van der Waals surface area contributed by atoms with Crippen LogP contribution in [0.4, 0.5) is 5.69 Å². The van der Waals surface area contributed by atoms with Crippen LogP contribution in [0.15, 0.2) is 54.2 Å². The number of amides is 2. The van der Waals surface area contributed by atoms with Crippen molar-refractivity contribution in [3.8, 4) is 5.75 Å². The standard InChI is InChI=1S/C24H26N2O3/c1-3-29-19-13-11-18(12-14-19)21-22(25-15-7-4-8-16-25)24(28)26(23(21)27)20-10-6-5-9-17(20)2/h5-6,9-14H,3-4,7-8,15-16H2,1-2H3. The number of ether oxygens (including phenoxy) is 1. The van der Waals surface area contributed by atoms with Crippen molar-refractivity contribution in [3.63, 3.8) is 0 Å². The molecule has 5 heteroatoms. The van der Waals surface area contributed by atoms with Crippen LogP contribution in [0.2, 0.25) is 0 Å². The number of para-hydroxylation sites is 1.